The first-order valence-corrected chi connectivity index (χ1v) is 12.9. The van der Waals surface area contributed by atoms with Crippen LogP contribution in [0.4, 0.5) is 4.39 Å². The van der Waals surface area contributed by atoms with Crippen LogP contribution in [0.3, 0.4) is 0 Å². The summed E-state index contributed by atoms with van der Waals surface area (Å²) in [5.41, 5.74) is 2.66. The topological polar surface area (TPSA) is 59.0 Å². The van der Waals surface area contributed by atoms with Crippen molar-refractivity contribution in [3.63, 3.8) is 0 Å². The minimum atomic E-state index is -0.665. The van der Waals surface area contributed by atoms with Crippen LogP contribution in [0.25, 0.3) is 0 Å². The first kappa shape index (κ1) is 27.9. The van der Waals surface area contributed by atoms with E-state index in [1.54, 1.807) is 19.1 Å². The van der Waals surface area contributed by atoms with Crippen LogP contribution in [0.5, 0.6) is 0 Å². The van der Waals surface area contributed by atoms with Crippen molar-refractivity contribution in [2.75, 3.05) is 26.3 Å². The zero-order valence-electron chi connectivity index (χ0n) is 20.3. The lowest BCUT2D eigenvalue weighted by Gasteiger charge is -2.28. The molecule has 2 aromatic rings. The van der Waals surface area contributed by atoms with E-state index in [9.17, 15) is 14.3 Å². The Bertz CT molecular complexity index is 990. The van der Waals surface area contributed by atoms with Gasteiger partial charge in [0, 0.05) is 24.0 Å². The summed E-state index contributed by atoms with van der Waals surface area (Å²) in [5.74, 6) is -0.664. The molecular formula is C27H34Cl2FNO4. The smallest absolute Gasteiger partial charge is 0.306 e. The van der Waals surface area contributed by atoms with Gasteiger partial charge in [-0.25, -0.2) is 4.39 Å². The van der Waals surface area contributed by atoms with Crippen molar-refractivity contribution in [2.45, 2.75) is 64.2 Å². The number of halogens is 3. The van der Waals surface area contributed by atoms with Crippen LogP contribution in [-0.2, 0) is 27.1 Å². The molecule has 35 heavy (non-hydrogen) atoms. The highest BCUT2D eigenvalue weighted by Crippen LogP contribution is 2.29. The Morgan fingerprint density at radius 3 is 2.80 bits per heavy atom. The van der Waals surface area contributed by atoms with Crippen molar-refractivity contribution in [3.05, 3.63) is 69.0 Å². The molecule has 0 unspecified atom stereocenters. The zero-order chi connectivity index (χ0) is 25.4. The Labute approximate surface area is 217 Å². The number of hydrogen-bond donors (Lipinski definition) is 1. The van der Waals surface area contributed by atoms with Gasteiger partial charge >= 0.3 is 5.97 Å². The van der Waals surface area contributed by atoms with Crippen molar-refractivity contribution in [3.8, 4) is 0 Å². The van der Waals surface area contributed by atoms with Gasteiger partial charge < -0.3 is 14.6 Å². The van der Waals surface area contributed by atoms with Crippen LogP contribution in [0, 0.1) is 5.82 Å². The second kappa shape index (κ2) is 13.6. The van der Waals surface area contributed by atoms with Gasteiger partial charge in [-0.1, -0.05) is 41.4 Å². The number of likely N-dealkylation sites (tertiary alicyclic amines) is 1. The van der Waals surface area contributed by atoms with Crippen LogP contribution < -0.4 is 0 Å². The zero-order valence-corrected chi connectivity index (χ0v) is 21.8. The van der Waals surface area contributed by atoms with Gasteiger partial charge in [0.1, 0.15) is 5.82 Å². The molecule has 1 heterocycles. The number of hydrogen-bond acceptors (Lipinski definition) is 5. The molecule has 0 saturated carbocycles. The monoisotopic (exact) mass is 525 g/mol. The minimum Gasteiger partial charge on any atom is -0.466 e. The number of esters is 1. The van der Waals surface area contributed by atoms with E-state index in [1.165, 1.54) is 6.07 Å². The quantitative estimate of drug-likeness (QED) is 0.356. The molecule has 3 rings (SSSR count). The molecule has 0 amide bonds. The molecule has 0 aliphatic carbocycles. The molecule has 0 radical (unpaired) electrons. The van der Waals surface area contributed by atoms with E-state index < -0.39 is 11.9 Å². The van der Waals surface area contributed by atoms with Gasteiger partial charge in [0.05, 0.1) is 30.4 Å². The Hall–Kier alpha value is -1.70. The molecule has 3 atom stereocenters. The molecule has 5 nitrogen and oxygen atoms in total. The third-order valence-electron chi connectivity index (χ3n) is 6.42. The normalized spacial score (nSPS) is 17.9. The fourth-order valence-corrected chi connectivity index (χ4v) is 5.05. The Balaban J connectivity index is 1.53. The maximum Gasteiger partial charge on any atom is 0.306 e. The van der Waals surface area contributed by atoms with E-state index in [-0.39, 0.29) is 36.2 Å². The highest BCUT2D eigenvalue weighted by Gasteiger charge is 2.27. The number of ether oxygens (including phenoxy) is 2. The lowest BCUT2D eigenvalue weighted by atomic mass is 9.99. The molecule has 8 heteroatoms. The van der Waals surface area contributed by atoms with Crippen molar-refractivity contribution >= 4 is 29.2 Å². The SMILES string of the molecule is CCOC(=O)CCc1c(Cl)cccc1[C@@H](C)OC[C@H](O)CN1CCC[C@H]1Cc1ccc(Cl)c(F)c1. The third kappa shape index (κ3) is 8.16. The third-order valence-corrected chi connectivity index (χ3v) is 7.08. The second-order valence-corrected chi connectivity index (χ2v) is 9.80. The van der Waals surface area contributed by atoms with Crippen LogP contribution in [0.2, 0.25) is 10.0 Å². The summed E-state index contributed by atoms with van der Waals surface area (Å²) >= 11 is 12.2. The highest BCUT2D eigenvalue weighted by molar-refractivity contribution is 6.31. The number of aliphatic hydroxyl groups excluding tert-OH is 1. The summed E-state index contributed by atoms with van der Waals surface area (Å²) in [6.45, 7) is 5.59. The highest BCUT2D eigenvalue weighted by atomic mass is 35.5. The van der Waals surface area contributed by atoms with Crippen LogP contribution in [0.15, 0.2) is 36.4 Å². The number of rotatable bonds is 12. The predicted octanol–water partition coefficient (Wildman–Crippen LogP) is 5.77. The number of aliphatic hydroxyl groups is 1. The first-order valence-electron chi connectivity index (χ1n) is 12.2. The molecule has 1 N–H and O–H groups in total. The second-order valence-electron chi connectivity index (χ2n) is 8.99. The summed E-state index contributed by atoms with van der Waals surface area (Å²) in [6.07, 6.45) is 2.50. The summed E-state index contributed by atoms with van der Waals surface area (Å²) in [7, 11) is 0. The Morgan fingerprint density at radius 2 is 2.06 bits per heavy atom. The molecule has 0 bridgehead atoms. The Morgan fingerprint density at radius 1 is 1.26 bits per heavy atom. The van der Waals surface area contributed by atoms with E-state index >= 15 is 0 Å². The molecule has 1 saturated heterocycles. The molecule has 2 aromatic carbocycles. The summed E-state index contributed by atoms with van der Waals surface area (Å²) in [4.78, 5) is 14.0. The van der Waals surface area contributed by atoms with Gasteiger partial charge in [0.15, 0.2) is 0 Å². The molecule has 1 fully saturated rings. The average Bonchev–Trinajstić information content (AvgIpc) is 3.25. The van der Waals surface area contributed by atoms with E-state index in [0.717, 1.165) is 36.1 Å². The van der Waals surface area contributed by atoms with Gasteiger partial charge in [0.25, 0.3) is 0 Å². The lowest BCUT2D eigenvalue weighted by Crippen LogP contribution is -2.39. The molecule has 0 aromatic heterocycles. The molecule has 192 valence electrons. The van der Waals surface area contributed by atoms with E-state index in [0.29, 0.717) is 31.0 Å². The lowest BCUT2D eigenvalue weighted by molar-refractivity contribution is -0.143. The van der Waals surface area contributed by atoms with Crippen LogP contribution >= 0.6 is 23.2 Å². The number of carbonyl (C=O) groups is 1. The van der Waals surface area contributed by atoms with Crippen molar-refractivity contribution < 1.29 is 23.8 Å². The van der Waals surface area contributed by atoms with Crippen molar-refractivity contribution in [2.24, 2.45) is 0 Å². The van der Waals surface area contributed by atoms with Gasteiger partial charge in [-0.2, -0.15) is 0 Å². The van der Waals surface area contributed by atoms with Crippen LogP contribution in [0.1, 0.15) is 55.9 Å². The van der Waals surface area contributed by atoms with E-state index in [1.807, 2.05) is 25.1 Å². The van der Waals surface area contributed by atoms with Gasteiger partial charge in [-0.05, 0) is 81.0 Å². The molecule has 1 aliphatic heterocycles. The van der Waals surface area contributed by atoms with Crippen LogP contribution in [-0.4, -0.2) is 54.4 Å². The standard InChI is InChI=1S/C27H34Cl2FNO4/c1-3-34-27(33)12-10-23-22(7-4-8-24(23)28)18(2)35-17-21(32)16-31-13-5-6-20(31)14-19-9-11-25(29)26(30)15-19/h4,7-9,11,15,18,20-21,32H,3,5-6,10,12-14,16-17H2,1-2H3/t18-,20+,21-/m1/s1. The minimum absolute atomic E-state index is 0.127. The van der Waals surface area contributed by atoms with Crippen molar-refractivity contribution in [1.82, 2.24) is 4.90 Å². The molecule has 0 spiro atoms. The summed E-state index contributed by atoms with van der Waals surface area (Å²) < 4.78 is 24.9. The predicted molar refractivity (Wildman–Crippen MR) is 136 cm³/mol. The van der Waals surface area contributed by atoms with E-state index in [2.05, 4.69) is 4.90 Å². The first-order chi connectivity index (χ1) is 16.8. The fraction of sp³-hybridized carbons (Fsp3) is 0.519. The van der Waals surface area contributed by atoms with Gasteiger partial charge in [-0.3, -0.25) is 9.69 Å². The number of benzene rings is 2. The fourth-order valence-electron chi connectivity index (χ4n) is 4.65. The maximum absolute atomic E-state index is 13.8. The van der Waals surface area contributed by atoms with Gasteiger partial charge in [-0.15, -0.1) is 0 Å². The molecule has 1 aliphatic rings. The van der Waals surface area contributed by atoms with Crippen molar-refractivity contribution in [1.29, 1.82) is 0 Å². The summed E-state index contributed by atoms with van der Waals surface area (Å²) in [6, 6.07) is 10.8. The number of nitrogens with zero attached hydrogens (tertiary/aromatic N) is 1. The average molecular weight is 526 g/mol. The molecular weight excluding hydrogens is 492 g/mol. The summed E-state index contributed by atoms with van der Waals surface area (Å²) in [5, 5.41) is 11.4. The number of carbonyl (C=O) groups excluding carboxylic acids is 1. The number of β-amino-alcohol motifs (C(OH)–C–C–N with tert-alkyl or cyclic N) is 1. The van der Waals surface area contributed by atoms with E-state index in [4.69, 9.17) is 32.7 Å². The largest absolute Gasteiger partial charge is 0.466 e. The van der Waals surface area contributed by atoms with Gasteiger partial charge in [0.2, 0.25) is 0 Å². The Kier molecular flexibility index (Phi) is 10.8. The maximum atomic E-state index is 13.8.